The van der Waals surface area contributed by atoms with Crippen molar-refractivity contribution in [2.75, 3.05) is 31.1 Å². The molecule has 3 aromatic rings. The number of piperazine rings is 1. The number of sulfonamides is 1. The number of benzene rings is 2. The predicted molar refractivity (Wildman–Crippen MR) is 110 cm³/mol. The summed E-state index contributed by atoms with van der Waals surface area (Å²) >= 11 is 0. The van der Waals surface area contributed by atoms with Crippen LogP contribution in [0, 0.1) is 5.82 Å². The van der Waals surface area contributed by atoms with Gasteiger partial charge in [-0.15, -0.1) is 0 Å². The summed E-state index contributed by atoms with van der Waals surface area (Å²) in [6.07, 6.45) is -3.25. The van der Waals surface area contributed by atoms with Crippen LogP contribution in [0.2, 0.25) is 0 Å². The summed E-state index contributed by atoms with van der Waals surface area (Å²) in [5, 5.41) is 0. The molecule has 32 heavy (non-hydrogen) atoms. The predicted octanol–water partition coefficient (Wildman–Crippen LogP) is 3.81. The first kappa shape index (κ1) is 22.2. The van der Waals surface area contributed by atoms with E-state index in [0.717, 1.165) is 18.2 Å². The fourth-order valence-electron chi connectivity index (χ4n) is 3.44. The number of alkyl halides is 3. The molecule has 1 aliphatic rings. The van der Waals surface area contributed by atoms with Crippen LogP contribution in [0.1, 0.15) is 5.56 Å². The van der Waals surface area contributed by atoms with Crippen molar-refractivity contribution in [1.29, 1.82) is 0 Å². The highest BCUT2D eigenvalue weighted by molar-refractivity contribution is 7.89. The average molecular weight is 466 g/mol. The van der Waals surface area contributed by atoms with E-state index in [0.29, 0.717) is 36.2 Å². The van der Waals surface area contributed by atoms with Gasteiger partial charge in [-0.05, 0) is 42.5 Å². The molecule has 0 unspecified atom stereocenters. The molecule has 168 valence electrons. The first-order valence-electron chi connectivity index (χ1n) is 9.65. The molecular formula is C21H18F4N4O2S. The summed E-state index contributed by atoms with van der Waals surface area (Å²) in [5.41, 5.74) is 0.293. The Bertz CT molecular complexity index is 1210. The minimum Gasteiger partial charge on any atom is -0.354 e. The Kier molecular flexibility index (Phi) is 5.87. The maximum atomic E-state index is 13.2. The van der Waals surface area contributed by atoms with E-state index in [9.17, 15) is 26.0 Å². The molecule has 0 N–H and O–H groups in total. The van der Waals surface area contributed by atoms with Crippen LogP contribution in [0.3, 0.4) is 0 Å². The van der Waals surface area contributed by atoms with E-state index >= 15 is 0 Å². The van der Waals surface area contributed by atoms with Gasteiger partial charge >= 0.3 is 6.18 Å². The van der Waals surface area contributed by atoms with Crippen LogP contribution in [0.5, 0.6) is 0 Å². The average Bonchev–Trinajstić information content (AvgIpc) is 2.79. The van der Waals surface area contributed by atoms with Crippen molar-refractivity contribution in [3.8, 4) is 11.3 Å². The summed E-state index contributed by atoms with van der Waals surface area (Å²) in [6, 6.07) is 11.3. The minimum absolute atomic E-state index is 0.0917. The third-order valence-corrected chi connectivity index (χ3v) is 7.05. The van der Waals surface area contributed by atoms with Crippen molar-refractivity contribution in [2.24, 2.45) is 0 Å². The summed E-state index contributed by atoms with van der Waals surface area (Å²) < 4.78 is 78.9. The van der Waals surface area contributed by atoms with Gasteiger partial charge in [0.2, 0.25) is 10.0 Å². The SMILES string of the molecule is O=S(=O)(c1cccc(C(F)(F)F)c1)N1CCN(c2cc(-c3ccc(F)cc3)ncn2)CC1. The maximum Gasteiger partial charge on any atom is 0.416 e. The molecule has 0 aliphatic carbocycles. The van der Waals surface area contributed by atoms with Gasteiger partial charge in [0.15, 0.2) is 0 Å². The molecule has 11 heteroatoms. The van der Waals surface area contributed by atoms with E-state index in [2.05, 4.69) is 9.97 Å². The van der Waals surface area contributed by atoms with Crippen molar-refractivity contribution < 1.29 is 26.0 Å². The van der Waals surface area contributed by atoms with Crippen LogP contribution in [0.25, 0.3) is 11.3 Å². The lowest BCUT2D eigenvalue weighted by molar-refractivity contribution is -0.137. The molecule has 2 heterocycles. The molecule has 1 aromatic heterocycles. The van der Waals surface area contributed by atoms with Crippen molar-refractivity contribution in [1.82, 2.24) is 14.3 Å². The van der Waals surface area contributed by atoms with Gasteiger partial charge in [0.1, 0.15) is 18.0 Å². The van der Waals surface area contributed by atoms with Gasteiger partial charge in [-0.25, -0.2) is 22.8 Å². The quantitative estimate of drug-likeness (QED) is 0.547. The van der Waals surface area contributed by atoms with Gasteiger partial charge in [-0.3, -0.25) is 0 Å². The number of halogens is 4. The van der Waals surface area contributed by atoms with E-state index < -0.39 is 21.8 Å². The molecule has 1 aliphatic heterocycles. The van der Waals surface area contributed by atoms with Gasteiger partial charge < -0.3 is 4.90 Å². The highest BCUT2D eigenvalue weighted by Crippen LogP contribution is 2.31. The number of anilines is 1. The van der Waals surface area contributed by atoms with E-state index in [4.69, 9.17) is 0 Å². The van der Waals surface area contributed by atoms with E-state index in [1.165, 1.54) is 22.8 Å². The number of hydrogen-bond donors (Lipinski definition) is 0. The zero-order valence-electron chi connectivity index (χ0n) is 16.6. The lowest BCUT2D eigenvalue weighted by atomic mass is 10.1. The Morgan fingerprint density at radius 2 is 1.56 bits per heavy atom. The molecule has 0 spiro atoms. The molecule has 0 bridgehead atoms. The number of hydrogen-bond acceptors (Lipinski definition) is 5. The van der Waals surface area contributed by atoms with E-state index in [-0.39, 0.29) is 23.8 Å². The second-order valence-electron chi connectivity index (χ2n) is 7.19. The first-order valence-corrected chi connectivity index (χ1v) is 11.1. The van der Waals surface area contributed by atoms with E-state index in [1.807, 2.05) is 4.90 Å². The number of rotatable bonds is 4. The number of nitrogens with zero attached hydrogens (tertiary/aromatic N) is 4. The molecule has 1 saturated heterocycles. The normalized spacial score (nSPS) is 15.7. The van der Waals surface area contributed by atoms with E-state index in [1.54, 1.807) is 18.2 Å². The van der Waals surface area contributed by atoms with Crippen LogP contribution in [0.15, 0.2) is 65.8 Å². The van der Waals surface area contributed by atoms with Crippen LogP contribution < -0.4 is 4.90 Å². The van der Waals surface area contributed by atoms with Crippen LogP contribution in [0.4, 0.5) is 23.4 Å². The summed E-state index contributed by atoms with van der Waals surface area (Å²) in [5.74, 6) is 0.219. The van der Waals surface area contributed by atoms with Crippen LogP contribution in [-0.4, -0.2) is 48.9 Å². The van der Waals surface area contributed by atoms with Crippen molar-refractivity contribution >= 4 is 15.8 Å². The zero-order chi connectivity index (χ0) is 22.9. The Morgan fingerprint density at radius 1 is 0.875 bits per heavy atom. The van der Waals surface area contributed by atoms with Gasteiger partial charge in [0.25, 0.3) is 0 Å². The van der Waals surface area contributed by atoms with Crippen LogP contribution >= 0.6 is 0 Å². The zero-order valence-corrected chi connectivity index (χ0v) is 17.4. The van der Waals surface area contributed by atoms with Crippen molar-refractivity contribution in [2.45, 2.75) is 11.1 Å². The molecular weight excluding hydrogens is 448 g/mol. The fraction of sp³-hybridized carbons (Fsp3) is 0.238. The minimum atomic E-state index is -4.63. The Labute approximate surface area is 182 Å². The third kappa shape index (κ3) is 4.58. The smallest absolute Gasteiger partial charge is 0.354 e. The molecule has 0 atom stereocenters. The van der Waals surface area contributed by atoms with Crippen molar-refractivity contribution in [3.63, 3.8) is 0 Å². The number of aromatic nitrogens is 2. The molecule has 0 radical (unpaired) electrons. The molecule has 0 saturated carbocycles. The summed E-state index contributed by atoms with van der Waals surface area (Å²) in [4.78, 5) is 9.92. The summed E-state index contributed by atoms with van der Waals surface area (Å²) in [7, 11) is -4.07. The highest BCUT2D eigenvalue weighted by Gasteiger charge is 2.34. The van der Waals surface area contributed by atoms with Crippen LogP contribution in [-0.2, 0) is 16.2 Å². The van der Waals surface area contributed by atoms with Gasteiger partial charge in [-0.2, -0.15) is 17.5 Å². The molecule has 0 amide bonds. The highest BCUT2D eigenvalue weighted by atomic mass is 32.2. The molecule has 1 fully saturated rings. The fourth-order valence-corrected chi connectivity index (χ4v) is 4.91. The molecule has 4 rings (SSSR count). The monoisotopic (exact) mass is 466 g/mol. The maximum absolute atomic E-state index is 13.2. The Balaban J connectivity index is 1.49. The van der Waals surface area contributed by atoms with Gasteiger partial charge in [0, 0.05) is 37.8 Å². The lowest BCUT2D eigenvalue weighted by Crippen LogP contribution is -2.49. The third-order valence-electron chi connectivity index (χ3n) is 5.15. The standard InChI is InChI=1S/C21H18F4N4O2S/c22-17-6-4-15(5-7-17)19-13-20(27-14-26-19)28-8-10-29(11-9-28)32(30,31)18-3-1-2-16(12-18)21(23,24)25/h1-7,12-14H,8-11H2. The van der Waals surface area contributed by atoms with Gasteiger partial charge in [-0.1, -0.05) is 6.07 Å². The Morgan fingerprint density at radius 3 is 2.22 bits per heavy atom. The second kappa shape index (κ2) is 8.47. The molecule has 2 aromatic carbocycles. The first-order chi connectivity index (χ1) is 15.1. The topological polar surface area (TPSA) is 66.4 Å². The second-order valence-corrected chi connectivity index (χ2v) is 9.12. The summed E-state index contributed by atoms with van der Waals surface area (Å²) in [6.45, 7) is 0.791. The van der Waals surface area contributed by atoms with Crippen molar-refractivity contribution in [3.05, 3.63) is 72.3 Å². The van der Waals surface area contributed by atoms with Gasteiger partial charge in [0.05, 0.1) is 16.2 Å². The lowest BCUT2D eigenvalue weighted by Gasteiger charge is -2.34. The largest absolute Gasteiger partial charge is 0.416 e. The molecule has 6 nitrogen and oxygen atoms in total. The Hall–Kier alpha value is -3.05.